The minimum Gasteiger partial charge on any atom is -0.295 e. The highest BCUT2D eigenvalue weighted by molar-refractivity contribution is 6.33. The summed E-state index contributed by atoms with van der Waals surface area (Å²) in [5.74, 6) is 0.455. The molecule has 5 heterocycles. The number of carbonyl (C=O) groups is 1. The van der Waals surface area contributed by atoms with E-state index in [0.717, 1.165) is 25.9 Å². The molecule has 98 valence electrons. The first-order chi connectivity index (χ1) is 9.25. The molecule has 6 nitrogen and oxygen atoms in total. The van der Waals surface area contributed by atoms with Crippen molar-refractivity contribution in [1.29, 1.82) is 0 Å². The smallest absolute Gasteiger partial charge is 0.173 e. The second kappa shape index (κ2) is 3.98. The van der Waals surface area contributed by atoms with Crippen LogP contribution < -0.4 is 0 Å². The number of hydrogen-bond donors (Lipinski definition) is 0. The highest BCUT2D eigenvalue weighted by Crippen LogP contribution is 2.36. The first kappa shape index (κ1) is 11.3. The van der Waals surface area contributed by atoms with Crippen LogP contribution in [0, 0.1) is 5.92 Å². The van der Waals surface area contributed by atoms with E-state index < -0.39 is 0 Å². The van der Waals surface area contributed by atoms with Crippen molar-refractivity contribution in [3.8, 4) is 0 Å². The minimum atomic E-state index is -0.275. The van der Waals surface area contributed by atoms with Crippen molar-refractivity contribution in [3.63, 3.8) is 0 Å². The largest absolute Gasteiger partial charge is 0.295 e. The third-order valence-corrected chi connectivity index (χ3v) is 4.39. The number of Topliss-reactive ketones (excluding diaryl/α,β-unsaturated/α-hetero) is 1. The molecular weight excluding hydrogens is 266 g/mol. The van der Waals surface area contributed by atoms with Crippen LogP contribution >= 0.6 is 11.6 Å². The molecule has 7 heteroatoms. The van der Waals surface area contributed by atoms with E-state index in [9.17, 15) is 4.79 Å². The van der Waals surface area contributed by atoms with Crippen molar-refractivity contribution in [3.05, 3.63) is 17.8 Å². The van der Waals surface area contributed by atoms with Crippen LogP contribution in [0.15, 0.2) is 12.7 Å². The zero-order chi connectivity index (χ0) is 13.0. The summed E-state index contributed by atoms with van der Waals surface area (Å²) in [6, 6.07) is 0. The Kier molecular flexibility index (Phi) is 2.37. The average Bonchev–Trinajstić information content (AvgIpc) is 2.85. The molecule has 3 fully saturated rings. The van der Waals surface area contributed by atoms with Crippen molar-refractivity contribution >= 4 is 28.5 Å². The number of piperidine rings is 3. The molecule has 3 aliphatic heterocycles. The molecule has 0 N–H and O–H groups in total. The minimum absolute atomic E-state index is 0.185. The van der Waals surface area contributed by atoms with Gasteiger partial charge in [0.25, 0.3) is 0 Å². The molecule has 0 spiro atoms. The Hall–Kier alpha value is -1.53. The Morgan fingerprint density at radius 2 is 2.00 bits per heavy atom. The third kappa shape index (κ3) is 1.53. The molecule has 1 atom stereocenters. The predicted molar refractivity (Wildman–Crippen MR) is 68.7 cm³/mol. The lowest BCUT2D eigenvalue weighted by molar-refractivity contribution is -0.141. The van der Waals surface area contributed by atoms with Gasteiger partial charge in [0.05, 0.1) is 6.33 Å². The molecule has 2 aromatic heterocycles. The summed E-state index contributed by atoms with van der Waals surface area (Å²) in [6.45, 7) is 1.92. The summed E-state index contributed by atoms with van der Waals surface area (Å²) >= 11 is 6.00. The summed E-state index contributed by atoms with van der Waals surface area (Å²) in [5.41, 5.74) is 1.19. The van der Waals surface area contributed by atoms with Gasteiger partial charge in [0, 0.05) is 19.0 Å². The van der Waals surface area contributed by atoms with Gasteiger partial charge in [-0.1, -0.05) is 11.6 Å². The van der Waals surface area contributed by atoms with Crippen LogP contribution in [-0.4, -0.2) is 43.3 Å². The van der Waals surface area contributed by atoms with E-state index in [0.29, 0.717) is 16.3 Å². The molecule has 3 saturated heterocycles. The zero-order valence-electron chi connectivity index (χ0n) is 10.2. The van der Waals surface area contributed by atoms with Crippen molar-refractivity contribution < 1.29 is 4.79 Å². The number of imidazole rings is 1. The third-order valence-electron chi connectivity index (χ3n) is 4.11. The fraction of sp³-hybridized carbons (Fsp3) is 0.500. The quantitative estimate of drug-likeness (QED) is 0.735. The monoisotopic (exact) mass is 277 g/mol. The maximum Gasteiger partial charge on any atom is 0.173 e. The van der Waals surface area contributed by atoms with Gasteiger partial charge in [-0.05, 0) is 12.8 Å². The lowest BCUT2D eigenvalue weighted by Gasteiger charge is -2.44. The van der Waals surface area contributed by atoms with Gasteiger partial charge >= 0.3 is 0 Å². The van der Waals surface area contributed by atoms with Crippen molar-refractivity contribution in [2.45, 2.75) is 19.0 Å². The molecule has 3 aliphatic rings. The fourth-order valence-electron chi connectivity index (χ4n) is 3.13. The van der Waals surface area contributed by atoms with Gasteiger partial charge < -0.3 is 0 Å². The topological polar surface area (TPSA) is 63.9 Å². The Bertz CT molecular complexity index is 661. The summed E-state index contributed by atoms with van der Waals surface area (Å²) in [4.78, 5) is 27.0. The van der Waals surface area contributed by atoms with E-state index in [1.54, 1.807) is 6.33 Å². The standard InChI is InChI=1S/C12H12ClN5O/c13-10-8-11(15-5-14-10)18(6-16-8)12-9(19)7-1-3-17(12)4-2-7/h5-7,12H,1-4H2. The molecule has 5 rings (SSSR count). The first-order valence-corrected chi connectivity index (χ1v) is 6.74. The van der Waals surface area contributed by atoms with Gasteiger partial charge in [-0.25, -0.2) is 15.0 Å². The van der Waals surface area contributed by atoms with Crippen LogP contribution in [0.25, 0.3) is 11.2 Å². The SMILES string of the molecule is O=C1C2CCN(CC2)C1n1cnc2c(Cl)ncnc21. The molecule has 0 saturated carbocycles. The maximum atomic E-state index is 12.4. The van der Waals surface area contributed by atoms with Crippen molar-refractivity contribution in [2.24, 2.45) is 5.92 Å². The Balaban J connectivity index is 1.86. The van der Waals surface area contributed by atoms with Gasteiger partial charge in [0.2, 0.25) is 0 Å². The Morgan fingerprint density at radius 3 is 2.74 bits per heavy atom. The van der Waals surface area contributed by atoms with Gasteiger partial charge in [-0.15, -0.1) is 0 Å². The second-order valence-electron chi connectivity index (χ2n) is 5.07. The number of rotatable bonds is 1. The van der Waals surface area contributed by atoms with Gasteiger partial charge in [0.1, 0.15) is 18.0 Å². The Labute approximate surface area is 114 Å². The number of ketones is 1. The Morgan fingerprint density at radius 1 is 1.21 bits per heavy atom. The summed E-state index contributed by atoms with van der Waals surface area (Å²) in [7, 11) is 0. The van der Waals surface area contributed by atoms with Crippen LogP contribution in [0.2, 0.25) is 5.15 Å². The molecule has 2 aromatic rings. The predicted octanol–water partition coefficient (Wildman–Crippen LogP) is 1.27. The fourth-order valence-corrected chi connectivity index (χ4v) is 3.31. The number of halogens is 1. The molecule has 0 aromatic carbocycles. The van der Waals surface area contributed by atoms with E-state index in [-0.39, 0.29) is 17.9 Å². The van der Waals surface area contributed by atoms with Crippen LogP contribution in [0.3, 0.4) is 0 Å². The summed E-state index contributed by atoms with van der Waals surface area (Å²) in [6.07, 6.45) is 4.72. The van der Waals surface area contributed by atoms with Crippen LogP contribution in [0.5, 0.6) is 0 Å². The number of fused-ring (bicyclic) bond motifs is 4. The van der Waals surface area contributed by atoms with E-state index in [2.05, 4.69) is 19.9 Å². The highest BCUT2D eigenvalue weighted by atomic mass is 35.5. The molecule has 2 bridgehead atoms. The maximum absolute atomic E-state index is 12.4. The van der Waals surface area contributed by atoms with Crippen molar-refractivity contribution in [1.82, 2.24) is 24.4 Å². The van der Waals surface area contributed by atoms with E-state index in [1.165, 1.54) is 6.33 Å². The van der Waals surface area contributed by atoms with E-state index >= 15 is 0 Å². The van der Waals surface area contributed by atoms with Gasteiger partial charge in [-0.3, -0.25) is 14.3 Å². The first-order valence-electron chi connectivity index (χ1n) is 6.36. The summed E-state index contributed by atoms with van der Waals surface area (Å²) in [5, 5.41) is 0.326. The van der Waals surface area contributed by atoms with Gasteiger partial charge in [-0.2, -0.15) is 0 Å². The van der Waals surface area contributed by atoms with Crippen LogP contribution in [0.4, 0.5) is 0 Å². The molecule has 0 amide bonds. The average molecular weight is 278 g/mol. The zero-order valence-corrected chi connectivity index (χ0v) is 10.9. The molecule has 0 aliphatic carbocycles. The van der Waals surface area contributed by atoms with Crippen LogP contribution in [0.1, 0.15) is 19.0 Å². The number of nitrogens with zero attached hydrogens (tertiary/aromatic N) is 5. The van der Waals surface area contributed by atoms with Gasteiger partial charge in [0.15, 0.2) is 16.6 Å². The lowest BCUT2D eigenvalue weighted by atomic mass is 9.85. The summed E-state index contributed by atoms with van der Waals surface area (Å²) < 4.78 is 1.83. The lowest BCUT2D eigenvalue weighted by Crippen LogP contribution is -2.52. The molecule has 1 unspecified atom stereocenters. The molecule has 19 heavy (non-hydrogen) atoms. The number of carbonyl (C=O) groups excluding carboxylic acids is 1. The van der Waals surface area contributed by atoms with Crippen molar-refractivity contribution in [2.75, 3.05) is 13.1 Å². The second-order valence-corrected chi connectivity index (χ2v) is 5.43. The highest BCUT2D eigenvalue weighted by Gasteiger charge is 2.42. The van der Waals surface area contributed by atoms with E-state index in [4.69, 9.17) is 11.6 Å². The van der Waals surface area contributed by atoms with E-state index in [1.807, 2.05) is 4.57 Å². The van der Waals surface area contributed by atoms with Crippen LogP contribution in [-0.2, 0) is 4.79 Å². The molecule has 0 radical (unpaired) electrons. The normalized spacial score (nSPS) is 30.2. The number of hydrogen-bond acceptors (Lipinski definition) is 5. The number of aromatic nitrogens is 4. The molecular formula is C12H12ClN5O.